The molecule has 0 bridgehead atoms. The first kappa shape index (κ1) is 19.7. The first-order chi connectivity index (χ1) is 8.21. The molecule has 2 rings (SSSR count). The monoisotopic (exact) mass is 300 g/mol. The molecule has 0 spiro atoms. The number of benzene rings is 2. The normalized spacial score (nSPS) is 11.5. The van der Waals surface area contributed by atoms with Gasteiger partial charge in [-0.05, 0) is 12.1 Å². The smallest absolute Gasteiger partial charge is 0.744 e. The molecule has 0 aliphatic rings. The van der Waals surface area contributed by atoms with E-state index in [9.17, 15) is 25.9 Å². The van der Waals surface area contributed by atoms with Crippen LogP contribution >= 0.6 is 0 Å². The Bertz CT molecular complexity index is 759. The van der Waals surface area contributed by atoms with Crippen molar-refractivity contribution >= 4 is 31.0 Å². The molecule has 96 valence electrons. The molecule has 0 N–H and O–H groups in total. The molecule has 2 aromatic rings. The summed E-state index contributed by atoms with van der Waals surface area (Å²) in [6.07, 6.45) is 0. The molecule has 0 aliphatic carbocycles. The Morgan fingerprint density at radius 2 is 0.950 bits per heavy atom. The first-order valence-electron chi connectivity index (χ1n) is 4.65. The van der Waals surface area contributed by atoms with E-state index < -0.39 is 30.0 Å². The zero-order chi connectivity index (χ0) is 13.6. The van der Waals surface area contributed by atoms with E-state index in [4.69, 9.17) is 0 Å². The van der Waals surface area contributed by atoms with Crippen molar-refractivity contribution in [1.29, 1.82) is 0 Å². The Balaban J connectivity index is 0.00000180. The average molecular weight is 300 g/mol. The van der Waals surface area contributed by atoms with Crippen LogP contribution in [0.25, 0.3) is 10.8 Å². The molecule has 0 atom stereocenters. The molecule has 0 aliphatic heterocycles. The molecule has 0 amide bonds. The second kappa shape index (κ2) is 6.65. The minimum atomic E-state index is -4.74. The van der Waals surface area contributed by atoms with Crippen LogP contribution in [0.1, 0.15) is 0 Å². The fourth-order valence-electron chi connectivity index (χ4n) is 1.69. The summed E-state index contributed by atoms with van der Waals surface area (Å²) in [6.45, 7) is 0. The molecule has 0 radical (unpaired) electrons. The molecule has 0 heterocycles. The molecule has 20 heavy (non-hydrogen) atoms. The summed E-state index contributed by atoms with van der Waals surface area (Å²) in [6, 6.07) is 7.09. The second-order valence-electron chi connectivity index (χ2n) is 3.52. The molecule has 6 nitrogen and oxygen atoms in total. The standard InChI is InChI=1S/C10H8O6S2.2Li/c11-17(12,13)9-5-1-3-7-8(9)4-2-6-10(7)18(14,15)16;;/h1-6H,(H,11,12,13)(H,14,15,16);;/q;2*+1/p-2. The SMILES string of the molecule is O=S(=O)([O-])c1cccc2c(S(=O)(=O)[O-])cccc12.[Li+].[Li+]. The van der Waals surface area contributed by atoms with Crippen LogP contribution in [-0.2, 0) is 20.2 Å². The van der Waals surface area contributed by atoms with E-state index in [1.54, 1.807) is 0 Å². The summed E-state index contributed by atoms with van der Waals surface area (Å²) >= 11 is 0. The van der Waals surface area contributed by atoms with Gasteiger partial charge in [0, 0.05) is 10.8 Å². The van der Waals surface area contributed by atoms with Gasteiger partial charge < -0.3 is 9.11 Å². The Morgan fingerprint density at radius 3 is 1.20 bits per heavy atom. The molecular formula is C10H6Li2O6S2. The molecule has 10 heteroatoms. The maximum absolute atomic E-state index is 11.0. The molecule has 0 saturated heterocycles. The number of hydrogen-bond donors (Lipinski definition) is 0. The van der Waals surface area contributed by atoms with E-state index >= 15 is 0 Å². The summed E-state index contributed by atoms with van der Waals surface area (Å²) in [5.74, 6) is 0. The van der Waals surface area contributed by atoms with E-state index in [0.717, 1.165) is 12.1 Å². The zero-order valence-corrected chi connectivity index (χ0v) is 12.4. The third-order valence-electron chi connectivity index (χ3n) is 2.38. The van der Waals surface area contributed by atoms with Gasteiger partial charge in [-0.15, -0.1) is 0 Å². The minimum Gasteiger partial charge on any atom is -0.744 e. The van der Waals surface area contributed by atoms with Crippen LogP contribution in [0, 0.1) is 0 Å². The van der Waals surface area contributed by atoms with E-state index in [-0.39, 0.29) is 48.5 Å². The van der Waals surface area contributed by atoms with Crippen LogP contribution in [0.15, 0.2) is 46.2 Å². The van der Waals surface area contributed by atoms with Gasteiger partial charge in [0.05, 0.1) is 9.79 Å². The largest absolute Gasteiger partial charge is 1.00 e. The summed E-state index contributed by atoms with van der Waals surface area (Å²) in [5.41, 5.74) is 0. The Morgan fingerprint density at radius 1 is 0.650 bits per heavy atom. The maximum atomic E-state index is 11.0. The predicted molar refractivity (Wildman–Crippen MR) is 59.9 cm³/mol. The summed E-state index contributed by atoms with van der Waals surface area (Å²) in [7, 11) is -9.48. The van der Waals surface area contributed by atoms with Gasteiger partial charge in [-0.3, -0.25) is 0 Å². The van der Waals surface area contributed by atoms with Gasteiger partial charge in [0.15, 0.2) is 0 Å². The third-order valence-corrected chi connectivity index (χ3v) is 4.17. The van der Waals surface area contributed by atoms with Crippen molar-refractivity contribution in [3.63, 3.8) is 0 Å². The van der Waals surface area contributed by atoms with Crippen molar-refractivity contribution in [1.82, 2.24) is 0 Å². The molecule has 0 saturated carbocycles. The van der Waals surface area contributed by atoms with Gasteiger partial charge in [-0.1, -0.05) is 24.3 Å². The maximum Gasteiger partial charge on any atom is 1.00 e. The van der Waals surface area contributed by atoms with Gasteiger partial charge >= 0.3 is 37.7 Å². The Labute approximate surface area is 140 Å². The van der Waals surface area contributed by atoms with Crippen molar-refractivity contribution < 1.29 is 63.7 Å². The zero-order valence-electron chi connectivity index (χ0n) is 10.7. The fraction of sp³-hybridized carbons (Fsp3) is 0. The van der Waals surface area contributed by atoms with Crippen LogP contribution in [-0.4, -0.2) is 25.9 Å². The molecule has 0 unspecified atom stereocenters. The van der Waals surface area contributed by atoms with Crippen molar-refractivity contribution in [3.8, 4) is 0 Å². The predicted octanol–water partition coefficient (Wildman–Crippen LogP) is -5.34. The quantitative estimate of drug-likeness (QED) is 0.404. The summed E-state index contributed by atoms with van der Waals surface area (Å²) in [4.78, 5) is -1.10. The van der Waals surface area contributed by atoms with E-state index in [0.29, 0.717) is 0 Å². The summed E-state index contributed by atoms with van der Waals surface area (Å²) in [5, 5.41) is -0.158. The van der Waals surface area contributed by atoms with Crippen molar-refractivity contribution in [2.45, 2.75) is 9.79 Å². The Hall–Kier alpha value is -0.285. The number of rotatable bonds is 2. The molecule has 0 fully saturated rings. The topological polar surface area (TPSA) is 114 Å². The second-order valence-corrected chi connectivity index (χ2v) is 6.21. The van der Waals surface area contributed by atoms with Crippen LogP contribution < -0.4 is 37.7 Å². The van der Waals surface area contributed by atoms with Gasteiger partial charge in [-0.25, -0.2) is 16.8 Å². The minimum absolute atomic E-state index is 0. The first-order valence-corrected chi connectivity index (χ1v) is 7.46. The molecule has 0 aromatic heterocycles. The average Bonchev–Trinajstić information content (AvgIpc) is 2.24. The summed E-state index contributed by atoms with van der Waals surface area (Å²) < 4.78 is 66.1. The molecule has 2 aromatic carbocycles. The van der Waals surface area contributed by atoms with Gasteiger partial charge in [-0.2, -0.15) is 0 Å². The fourth-order valence-corrected chi connectivity index (χ4v) is 3.07. The van der Waals surface area contributed by atoms with E-state index in [1.165, 1.54) is 24.3 Å². The number of fused-ring (bicyclic) bond motifs is 1. The molecular weight excluding hydrogens is 294 g/mol. The van der Waals surface area contributed by atoms with Crippen LogP contribution in [0.2, 0.25) is 0 Å². The number of hydrogen-bond acceptors (Lipinski definition) is 6. The van der Waals surface area contributed by atoms with Crippen LogP contribution in [0.4, 0.5) is 0 Å². The van der Waals surface area contributed by atoms with Crippen LogP contribution in [0.3, 0.4) is 0 Å². The van der Waals surface area contributed by atoms with E-state index in [1.807, 2.05) is 0 Å². The van der Waals surface area contributed by atoms with Crippen LogP contribution in [0.5, 0.6) is 0 Å². The van der Waals surface area contributed by atoms with Gasteiger partial charge in [0.1, 0.15) is 20.2 Å². The van der Waals surface area contributed by atoms with Crippen molar-refractivity contribution in [2.75, 3.05) is 0 Å². The third kappa shape index (κ3) is 3.88. The van der Waals surface area contributed by atoms with Gasteiger partial charge in [0.2, 0.25) is 0 Å². The van der Waals surface area contributed by atoms with Crippen molar-refractivity contribution in [3.05, 3.63) is 36.4 Å². The van der Waals surface area contributed by atoms with E-state index in [2.05, 4.69) is 0 Å². The Kier molecular flexibility index (Phi) is 6.56. The van der Waals surface area contributed by atoms with Gasteiger partial charge in [0.25, 0.3) is 0 Å². The van der Waals surface area contributed by atoms with Crippen molar-refractivity contribution in [2.24, 2.45) is 0 Å².